The number of nitro groups is 1. The maximum Gasteiger partial charge on any atom is 1.00 e. The summed E-state index contributed by atoms with van der Waals surface area (Å²) in [6, 6.07) is 7.35. The Labute approximate surface area is 168 Å². The van der Waals surface area contributed by atoms with Gasteiger partial charge in [-0.15, -0.1) is 0 Å². The first-order valence-electron chi connectivity index (χ1n) is 7.03. The minimum atomic E-state index is -3.85. The van der Waals surface area contributed by atoms with Crippen LogP contribution in [0.3, 0.4) is 0 Å². The average Bonchev–Trinajstić information content (AvgIpc) is 2.59. The van der Waals surface area contributed by atoms with E-state index in [0.29, 0.717) is 0 Å². The van der Waals surface area contributed by atoms with Crippen molar-refractivity contribution in [3.05, 3.63) is 74.3 Å². The van der Waals surface area contributed by atoms with Gasteiger partial charge in [0.05, 0.1) is 16.5 Å². The molecule has 7 nitrogen and oxygen atoms in total. The molecule has 0 aliphatic rings. The molecule has 0 unspecified atom stereocenters. The van der Waals surface area contributed by atoms with Gasteiger partial charge in [-0.05, 0) is 23.8 Å². The van der Waals surface area contributed by atoms with Crippen LogP contribution in [0.15, 0.2) is 42.5 Å². The summed E-state index contributed by atoms with van der Waals surface area (Å²) >= 11 is 5.61. The van der Waals surface area contributed by atoms with Crippen LogP contribution in [-0.2, 0) is 17.3 Å². The van der Waals surface area contributed by atoms with Crippen LogP contribution in [0.25, 0.3) is 0 Å². The molecule has 11 heteroatoms. The predicted octanol–water partition coefficient (Wildman–Crippen LogP) is -0.976. The molecule has 0 atom stereocenters. The van der Waals surface area contributed by atoms with Crippen molar-refractivity contribution >= 4 is 29.2 Å². The second kappa shape index (κ2) is 8.95. The number of hydrogen-bond acceptors (Lipinski definition) is 5. The number of alkyl halides is 2. The molecular formula is C16H10ClF2LiN2O5. The Kier molecular flexibility index (Phi) is 7.48. The molecule has 2 rings (SSSR count). The number of hydrogen-bond donors (Lipinski definition) is 1. The third-order valence-corrected chi connectivity index (χ3v) is 3.68. The van der Waals surface area contributed by atoms with Gasteiger partial charge in [-0.2, -0.15) is 8.78 Å². The molecule has 136 valence electrons. The van der Waals surface area contributed by atoms with Crippen molar-refractivity contribution in [2.75, 3.05) is 0 Å². The van der Waals surface area contributed by atoms with Gasteiger partial charge < -0.3 is 15.2 Å². The maximum absolute atomic E-state index is 14.1. The summed E-state index contributed by atoms with van der Waals surface area (Å²) in [6.07, 6.45) is 0. The Balaban J connectivity index is 0.00000364. The van der Waals surface area contributed by atoms with E-state index in [9.17, 15) is 33.6 Å². The van der Waals surface area contributed by atoms with E-state index in [0.717, 1.165) is 30.3 Å². The molecule has 0 spiro atoms. The van der Waals surface area contributed by atoms with Crippen LogP contribution in [0.4, 0.5) is 14.5 Å². The largest absolute Gasteiger partial charge is 1.00 e. The number of carboxylic acids is 1. The van der Waals surface area contributed by atoms with Gasteiger partial charge in [0.2, 0.25) is 0 Å². The molecule has 0 bridgehead atoms. The van der Waals surface area contributed by atoms with Gasteiger partial charge in [-0.3, -0.25) is 14.9 Å². The molecule has 0 saturated carbocycles. The van der Waals surface area contributed by atoms with Gasteiger partial charge in [0.1, 0.15) is 0 Å². The van der Waals surface area contributed by atoms with Crippen molar-refractivity contribution in [1.29, 1.82) is 0 Å². The number of nitrogens with zero attached hydrogens (tertiary/aromatic N) is 1. The first kappa shape index (κ1) is 22.6. The molecular weight excluding hydrogens is 381 g/mol. The Morgan fingerprint density at radius 1 is 1.15 bits per heavy atom. The van der Waals surface area contributed by atoms with Crippen LogP contribution < -0.4 is 29.3 Å². The van der Waals surface area contributed by atoms with Crippen LogP contribution in [-0.4, -0.2) is 16.8 Å². The number of amides is 1. The number of benzene rings is 2. The molecule has 2 aromatic carbocycles. The van der Waals surface area contributed by atoms with E-state index in [1.54, 1.807) is 0 Å². The van der Waals surface area contributed by atoms with Crippen LogP contribution in [0.5, 0.6) is 0 Å². The second-order valence-electron chi connectivity index (χ2n) is 5.16. The first-order chi connectivity index (χ1) is 12.1. The third kappa shape index (κ3) is 5.26. The van der Waals surface area contributed by atoms with Gasteiger partial charge in [0.25, 0.3) is 11.6 Å². The molecule has 0 aliphatic carbocycles. The van der Waals surface area contributed by atoms with E-state index in [1.807, 2.05) is 5.32 Å². The zero-order valence-electron chi connectivity index (χ0n) is 13.9. The van der Waals surface area contributed by atoms with E-state index in [1.165, 1.54) is 12.1 Å². The average molecular weight is 391 g/mol. The minimum absolute atomic E-state index is 0. The molecule has 27 heavy (non-hydrogen) atoms. The summed E-state index contributed by atoms with van der Waals surface area (Å²) in [5, 5.41) is 23.9. The van der Waals surface area contributed by atoms with Crippen LogP contribution in [0.2, 0.25) is 5.02 Å². The number of carboxylic acid groups (broad SMARTS) is 1. The molecule has 0 heterocycles. The van der Waals surface area contributed by atoms with E-state index in [2.05, 4.69) is 0 Å². The normalized spacial score (nSPS) is 10.6. The third-order valence-electron chi connectivity index (χ3n) is 3.42. The fourth-order valence-corrected chi connectivity index (χ4v) is 2.22. The van der Waals surface area contributed by atoms with E-state index < -0.39 is 46.1 Å². The zero-order valence-corrected chi connectivity index (χ0v) is 14.6. The number of carbonyl (C=O) groups is 2. The molecule has 0 aromatic heterocycles. The topological polar surface area (TPSA) is 112 Å². The van der Waals surface area contributed by atoms with Crippen LogP contribution in [0.1, 0.15) is 21.5 Å². The van der Waals surface area contributed by atoms with Crippen molar-refractivity contribution in [1.82, 2.24) is 5.32 Å². The molecule has 0 radical (unpaired) electrons. The number of rotatable bonds is 6. The van der Waals surface area contributed by atoms with Gasteiger partial charge in [0.15, 0.2) is 0 Å². The Hall–Kier alpha value is -2.47. The number of nitro benzene ring substituents is 1. The molecule has 1 N–H and O–H groups in total. The summed E-state index contributed by atoms with van der Waals surface area (Å²) in [7, 11) is 0. The van der Waals surface area contributed by atoms with Crippen molar-refractivity contribution in [2.45, 2.75) is 12.5 Å². The quantitative estimate of drug-likeness (QED) is 0.387. The predicted molar refractivity (Wildman–Crippen MR) is 84.6 cm³/mol. The summed E-state index contributed by atoms with van der Waals surface area (Å²) < 4.78 is 28.2. The van der Waals surface area contributed by atoms with Crippen molar-refractivity contribution in [3.63, 3.8) is 0 Å². The second-order valence-corrected chi connectivity index (χ2v) is 5.60. The molecule has 0 fully saturated rings. The number of halogens is 3. The van der Waals surface area contributed by atoms with E-state index >= 15 is 0 Å². The van der Waals surface area contributed by atoms with Gasteiger partial charge >= 0.3 is 24.8 Å². The maximum atomic E-state index is 14.1. The Bertz CT molecular complexity index is 878. The summed E-state index contributed by atoms with van der Waals surface area (Å²) in [4.78, 5) is 32.5. The number of nitrogens with one attached hydrogen (secondary N) is 1. The summed E-state index contributed by atoms with van der Waals surface area (Å²) in [5.74, 6) is -7.21. The molecule has 1 amide bonds. The molecule has 0 saturated heterocycles. The van der Waals surface area contributed by atoms with Crippen LogP contribution >= 0.6 is 11.6 Å². The smallest absolute Gasteiger partial charge is 0.545 e. The Morgan fingerprint density at radius 3 is 2.26 bits per heavy atom. The number of carbonyl (C=O) groups excluding carboxylic acids is 2. The van der Waals surface area contributed by atoms with Crippen molar-refractivity contribution in [2.24, 2.45) is 0 Å². The minimum Gasteiger partial charge on any atom is -0.545 e. The SMILES string of the molecule is O=C([O-])c1ccc(CNC(=O)C(F)(F)c2ccc(Cl)cc2)cc1[N+](=O)[O-].[Li+]. The first-order valence-corrected chi connectivity index (χ1v) is 7.41. The van der Waals surface area contributed by atoms with E-state index in [-0.39, 0.29) is 29.4 Å². The monoisotopic (exact) mass is 390 g/mol. The standard InChI is InChI=1S/C16H11ClF2N2O5.Li/c17-11-4-2-10(3-5-11)16(18,19)15(24)20-8-9-1-6-12(14(22)23)13(7-9)21(25)26;/h1-7H,8H2,(H,20,24)(H,22,23);/q;+1/p-1. The fraction of sp³-hybridized carbons (Fsp3) is 0.125. The zero-order chi connectivity index (χ0) is 19.5. The van der Waals surface area contributed by atoms with E-state index in [4.69, 9.17) is 11.6 Å². The van der Waals surface area contributed by atoms with Gasteiger partial charge in [-0.25, -0.2) is 0 Å². The molecule has 0 aliphatic heterocycles. The fourth-order valence-electron chi connectivity index (χ4n) is 2.09. The van der Waals surface area contributed by atoms with Crippen molar-refractivity contribution < 1.29 is 47.3 Å². The van der Waals surface area contributed by atoms with Crippen LogP contribution in [0, 0.1) is 10.1 Å². The number of aromatic carboxylic acids is 1. The van der Waals surface area contributed by atoms with Crippen molar-refractivity contribution in [3.8, 4) is 0 Å². The Morgan fingerprint density at radius 2 is 1.74 bits per heavy atom. The van der Waals surface area contributed by atoms with Gasteiger partial charge in [0, 0.05) is 23.2 Å². The summed E-state index contributed by atoms with van der Waals surface area (Å²) in [5.41, 5.74) is -1.92. The summed E-state index contributed by atoms with van der Waals surface area (Å²) in [6.45, 7) is -0.462. The van der Waals surface area contributed by atoms with Gasteiger partial charge in [-0.1, -0.05) is 29.8 Å². The molecule has 2 aromatic rings.